The fourth-order valence-electron chi connectivity index (χ4n) is 3.42. The van der Waals surface area contributed by atoms with Gasteiger partial charge in [0.05, 0.1) is 24.0 Å². The van der Waals surface area contributed by atoms with Gasteiger partial charge in [-0.2, -0.15) is 0 Å². The lowest BCUT2D eigenvalue weighted by atomic mass is 10.1. The number of non-ortho nitro benzene ring substituents is 1. The first kappa shape index (κ1) is 28.6. The number of hydrogen-bond acceptors (Lipinski definition) is 7. The van der Waals surface area contributed by atoms with E-state index in [0.29, 0.717) is 17.9 Å². The molecule has 0 radical (unpaired) electrons. The van der Waals surface area contributed by atoms with Crippen LogP contribution in [0.1, 0.15) is 32.3 Å². The summed E-state index contributed by atoms with van der Waals surface area (Å²) < 4.78 is 31.1. The van der Waals surface area contributed by atoms with E-state index < -0.39 is 33.4 Å². The Hall–Kier alpha value is -3.67. The Labute approximate surface area is 211 Å². The fourth-order valence-corrected chi connectivity index (χ4v) is 4.26. The maximum absolute atomic E-state index is 13.5. The second-order valence-corrected chi connectivity index (χ2v) is 10.1. The second-order valence-electron chi connectivity index (χ2n) is 8.24. The van der Waals surface area contributed by atoms with Gasteiger partial charge in [-0.3, -0.25) is 24.0 Å². The Balaban J connectivity index is 2.38. The van der Waals surface area contributed by atoms with E-state index in [9.17, 15) is 28.1 Å². The highest BCUT2D eigenvalue weighted by molar-refractivity contribution is 7.92. The Kier molecular flexibility index (Phi) is 10.2. The van der Waals surface area contributed by atoms with Crippen molar-refractivity contribution in [2.75, 3.05) is 30.8 Å². The number of nitrogens with zero attached hydrogens (tertiary/aromatic N) is 3. The van der Waals surface area contributed by atoms with Gasteiger partial charge in [0.2, 0.25) is 21.8 Å². The molecular weight excluding hydrogens is 488 g/mol. The van der Waals surface area contributed by atoms with Gasteiger partial charge >= 0.3 is 0 Å². The molecule has 1 N–H and O–H groups in total. The van der Waals surface area contributed by atoms with Crippen LogP contribution in [0.5, 0.6) is 5.75 Å². The van der Waals surface area contributed by atoms with Gasteiger partial charge in [0.15, 0.2) is 0 Å². The molecule has 2 aromatic rings. The number of carbonyl (C=O) groups is 2. The quantitative estimate of drug-likeness (QED) is 0.243. The number of rotatable bonds is 13. The van der Waals surface area contributed by atoms with Gasteiger partial charge in [0.25, 0.3) is 5.69 Å². The Morgan fingerprint density at radius 3 is 2.39 bits per heavy atom. The van der Waals surface area contributed by atoms with E-state index in [1.807, 2.05) is 6.92 Å². The molecule has 0 heterocycles. The summed E-state index contributed by atoms with van der Waals surface area (Å²) in [6.07, 6.45) is 2.57. The minimum absolute atomic E-state index is 0.0236. The van der Waals surface area contributed by atoms with E-state index in [1.165, 1.54) is 30.2 Å². The predicted octanol–water partition coefficient (Wildman–Crippen LogP) is 2.70. The Morgan fingerprint density at radius 2 is 1.83 bits per heavy atom. The number of sulfonamides is 1. The number of amides is 2. The number of ether oxygens (including phenoxy) is 1. The van der Waals surface area contributed by atoms with Crippen molar-refractivity contribution in [3.8, 4) is 5.75 Å². The fraction of sp³-hybridized carbons (Fsp3) is 0.417. The number of carbonyl (C=O) groups excluding carboxylic acids is 2. The number of unbranched alkanes of at least 4 members (excludes halogenated alkanes) is 1. The lowest BCUT2D eigenvalue weighted by molar-refractivity contribution is -0.384. The van der Waals surface area contributed by atoms with Gasteiger partial charge in [-0.05, 0) is 37.1 Å². The number of nitrogens with one attached hydrogen (secondary N) is 1. The summed E-state index contributed by atoms with van der Waals surface area (Å²) in [5.41, 5.74) is 0.371. The number of hydrogen-bond donors (Lipinski definition) is 1. The van der Waals surface area contributed by atoms with Gasteiger partial charge in [-0.1, -0.05) is 31.5 Å². The number of methoxy groups -OCH3 is 1. The van der Waals surface area contributed by atoms with E-state index in [4.69, 9.17) is 4.74 Å². The molecule has 0 aliphatic carbocycles. The summed E-state index contributed by atoms with van der Waals surface area (Å²) in [6, 6.07) is 11.1. The summed E-state index contributed by atoms with van der Waals surface area (Å²) >= 11 is 0. The molecule has 2 amide bonds. The molecule has 12 heteroatoms. The molecule has 0 saturated carbocycles. The largest absolute Gasteiger partial charge is 0.497 e. The smallest absolute Gasteiger partial charge is 0.271 e. The topological polar surface area (TPSA) is 139 Å². The molecule has 2 aromatic carbocycles. The third-order valence-electron chi connectivity index (χ3n) is 5.52. The summed E-state index contributed by atoms with van der Waals surface area (Å²) in [6.45, 7) is 3.41. The Morgan fingerprint density at radius 1 is 1.17 bits per heavy atom. The average molecular weight is 521 g/mol. The third-order valence-corrected chi connectivity index (χ3v) is 6.66. The van der Waals surface area contributed by atoms with Crippen molar-refractivity contribution in [1.82, 2.24) is 10.2 Å². The van der Waals surface area contributed by atoms with Crippen molar-refractivity contribution in [1.29, 1.82) is 0 Å². The molecule has 0 aliphatic rings. The van der Waals surface area contributed by atoms with E-state index in [2.05, 4.69) is 5.32 Å². The molecule has 0 aliphatic heterocycles. The lowest BCUT2D eigenvalue weighted by Gasteiger charge is -2.31. The number of anilines is 1. The van der Waals surface area contributed by atoms with Gasteiger partial charge in [-0.15, -0.1) is 0 Å². The molecule has 0 fully saturated rings. The van der Waals surface area contributed by atoms with Crippen LogP contribution in [0.15, 0.2) is 48.5 Å². The second kappa shape index (κ2) is 12.9. The average Bonchev–Trinajstić information content (AvgIpc) is 2.85. The molecule has 36 heavy (non-hydrogen) atoms. The minimum Gasteiger partial charge on any atom is -0.497 e. The SMILES string of the molecule is CCCCNC(=O)C(C)N(Cc1ccc(OC)cc1)C(=O)CN(c1cccc([N+](=O)[O-])c1)S(C)(=O)=O. The minimum atomic E-state index is -3.99. The van der Waals surface area contributed by atoms with Gasteiger partial charge in [0, 0.05) is 25.2 Å². The van der Waals surface area contributed by atoms with Crippen LogP contribution in [0.25, 0.3) is 0 Å². The van der Waals surface area contributed by atoms with Crippen LogP contribution < -0.4 is 14.4 Å². The third kappa shape index (κ3) is 7.94. The first-order chi connectivity index (χ1) is 17.0. The molecule has 0 bridgehead atoms. The molecular formula is C24H32N4O7S. The van der Waals surface area contributed by atoms with Crippen molar-refractivity contribution in [2.24, 2.45) is 0 Å². The molecule has 196 valence electrons. The van der Waals surface area contributed by atoms with Crippen molar-refractivity contribution in [3.63, 3.8) is 0 Å². The number of nitro groups is 1. The van der Waals surface area contributed by atoms with Crippen LogP contribution in [0.3, 0.4) is 0 Å². The van der Waals surface area contributed by atoms with Gasteiger partial charge in [0.1, 0.15) is 18.3 Å². The monoisotopic (exact) mass is 520 g/mol. The molecule has 11 nitrogen and oxygen atoms in total. The molecule has 2 rings (SSSR count). The summed E-state index contributed by atoms with van der Waals surface area (Å²) in [5, 5.41) is 14.0. The standard InChI is InChI=1S/C24H32N4O7S/c1-5-6-14-25-24(30)18(2)26(16-19-10-12-22(35-3)13-11-19)23(29)17-27(36(4,33)34)20-8-7-9-21(15-20)28(31)32/h7-13,15,18H,5-6,14,16-17H2,1-4H3,(H,25,30). The highest BCUT2D eigenvalue weighted by Gasteiger charge is 2.30. The van der Waals surface area contributed by atoms with E-state index in [0.717, 1.165) is 29.5 Å². The van der Waals surface area contributed by atoms with E-state index in [-0.39, 0.29) is 23.8 Å². The van der Waals surface area contributed by atoms with Crippen molar-refractivity contribution < 1.29 is 27.7 Å². The van der Waals surface area contributed by atoms with Crippen molar-refractivity contribution in [2.45, 2.75) is 39.3 Å². The van der Waals surface area contributed by atoms with Crippen LogP contribution in [0.4, 0.5) is 11.4 Å². The summed E-state index contributed by atoms with van der Waals surface area (Å²) in [5.74, 6) is -0.386. The zero-order valence-electron chi connectivity index (χ0n) is 20.8. The van der Waals surface area contributed by atoms with Gasteiger partial charge in [-0.25, -0.2) is 8.42 Å². The van der Waals surface area contributed by atoms with Crippen molar-refractivity contribution >= 4 is 33.2 Å². The normalized spacial score (nSPS) is 11.9. The maximum Gasteiger partial charge on any atom is 0.271 e. The molecule has 0 saturated heterocycles. The highest BCUT2D eigenvalue weighted by Crippen LogP contribution is 2.24. The zero-order chi connectivity index (χ0) is 26.9. The lowest BCUT2D eigenvalue weighted by Crippen LogP contribution is -2.51. The highest BCUT2D eigenvalue weighted by atomic mass is 32.2. The number of nitro benzene ring substituents is 1. The van der Waals surface area contributed by atoms with Crippen molar-refractivity contribution in [3.05, 3.63) is 64.2 Å². The molecule has 1 unspecified atom stereocenters. The Bertz CT molecular complexity index is 1170. The zero-order valence-corrected chi connectivity index (χ0v) is 21.7. The van der Waals surface area contributed by atoms with E-state index >= 15 is 0 Å². The summed E-state index contributed by atoms with van der Waals surface area (Å²) in [7, 11) is -2.46. The predicted molar refractivity (Wildman–Crippen MR) is 136 cm³/mol. The number of benzene rings is 2. The summed E-state index contributed by atoms with van der Waals surface area (Å²) in [4.78, 5) is 38.1. The first-order valence-electron chi connectivity index (χ1n) is 11.4. The van der Waals surface area contributed by atoms with Gasteiger partial charge < -0.3 is 15.0 Å². The first-order valence-corrected chi connectivity index (χ1v) is 13.2. The molecule has 0 aromatic heterocycles. The molecule has 0 spiro atoms. The van der Waals surface area contributed by atoms with Crippen LogP contribution in [-0.4, -0.2) is 62.6 Å². The van der Waals surface area contributed by atoms with Crippen LogP contribution in [-0.2, 0) is 26.2 Å². The van der Waals surface area contributed by atoms with E-state index in [1.54, 1.807) is 31.2 Å². The molecule has 1 atom stereocenters. The maximum atomic E-state index is 13.5. The van der Waals surface area contributed by atoms with Crippen LogP contribution >= 0.6 is 0 Å². The van der Waals surface area contributed by atoms with Crippen LogP contribution in [0, 0.1) is 10.1 Å². The van der Waals surface area contributed by atoms with Crippen LogP contribution in [0.2, 0.25) is 0 Å².